The normalized spacial score (nSPS) is 9.17. The fraction of sp³-hybridized carbons (Fsp3) is 0.143. The van der Waals surface area contributed by atoms with Crippen LogP contribution in [0.2, 0.25) is 0 Å². The zero-order valence-electron chi connectivity index (χ0n) is 6.37. The molecular formula is C7H7BrN2O2. The molecular weight excluding hydrogens is 224 g/mol. The first-order chi connectivity index (χ1) is 5.72. The van der Waals surface area contributed by atoms with E-state index in [0.717, 1.165) is 4.60 Å². The molecule has 0 spiro atoms. The number of carbonyl (C=O) groups excluding carboxylic acids is 1. The van der Waals surface area contributed by atoms with Crippen molar-refractivity contribution in [1.29, 1.82) is 0 Å². The molecule has 5 heteroatoms. The maximum absolute atomic E-state index is 10.7. The van der Waals surface area contributed by atoms with E-state index in [1.807, 2.05) is 0 Å². The predicted octanol–water partition coefficient (Wildman–Crippen LogP) is 2.02. The Morgan fingerprint density at radius 3 is 2.92 bits per heavy atom. The summed E-state index contributed by atoms with van der Waals surface area (Å²) in [5.74, 6) is 0. The molecule has 1 N–H and O–H groups in total. The van der Waals surface area contributed by atoms with Gasteiger partial charge in [-0.2, -0.15) is 0 Å². The summed E-state index contributed by atoms with van der Waals surface area (Å²) in [4.78, 5) is 14.6. The van der Waals surface area contributed by atoms with E-state index in [9.17, 15) is 4.79 Å². The van der Waals surface area contributed by atoms with Gasteiger partial charge in [-0.15, -0.1) is 0 Å². The molecule has 0 aliphatic carbocycles. The van der Waals surface area contributed by atoms with Gasteiger partial charge < -0.3 is 4.74 Å². The summed E-state index contributed by atoms with van der Waals surface area (Å²) in [5, 5.41) is 2.47. The van der Waals surface area contributed by atoms with Gasteiger partial charge in [-0.05, 0) is 28.1 Å². The van der Waals surface area contributed by atoms with Crippen LogP contribution >= 0.6 is 15.9 Å². The van der Waals surface area contributed by atoms with E-state index in [0.29, 0.717) is 5.69 Å². The van der Waals surface area contributed by atoms with Crippen molar-refractivity contribution >= 4 is 27.7 Å². The zero-order chi connectivity index (χ0) is 8.97. The van der Waals surface area contributed by atoms with Crippen molar-refractivity contribution in [1.82, 2.24) is 4.98 Å². The number of ether oxygens (including phenoxy) is 1. The molecule has 64 valence electrons. The average Bonchev–Trinajstić information content (AvgIpc) is 2.09. The number of pyridine rings is 1. The summed E-state index contributed by atoms with van der Waals surface area (Å²) in [5.41, 5.74) is 0.602. The first-order valence-electron chi connectivity index (χ1n) is 3.19. The third kappa shape index (κ3) is 2.50. The number of aromatic nitrogens is 1. The smallest absolute Gasteiger partial charge is 0.411 e. The quantitative estimate of drug-likeness (QED) is 0.752. The molecule has 4 nitrogen and oxygen atoms in total. The minimum absolute atomic E-state index is 0.501. The molecule has 0 saturated carbocycles. The maximum Gasteiger partial charge on any atom is 0.411 e. The van der Waals surface area contributed by atoms with E-state index in [-0.39, 0.29) is 0 Å². The van der Waals surface area contributed by atoms with Crippen molar-refractivity contribution in [3.8, 4) is 0 Å². The Bertz CT molecular complexity index is 273. The van der Waals surface area contributed by atoms with Crippen molar-refractivity contribution in [2.45, 2.75) is 0 Å². The van der Waals surface area contributed by atoms with Gasteiger partial charge in [-0.1, -0.05) is 0 Å². The van der Waals surface area contributed by atoms with Crippen LogP contribution < -0.4 is 5.32 Å². The lowest BCUT2D eigenvalue weighted by Gasteiger charge is -2.01. The Morgan fingerprint density at radius 1 is 1.67 bits per heavy atom. The second kappa shape index (κ2) is 4.06. The molecule has 1 aromatic heterocycles. The molecule has 0 fully saturated rings. The second-order valence-corrected chi connectivity index (χ2v) is 2.80. The fourth-order valence-electron chi connectivity index (χ4n) is 0.619. The zero-order valence-corrected chi connectivity index (χ0v) is 7.96. The van der Waals surface area contributed by atoms with Crippen LogP contribution in [-0.4, -0.2) is 18.2 Å². The number of methoxy groups -OCH3 is 1. The molecule has 0 saturated heterocycles. The molecule has 1 heterocycles. The lowest BCUT2D eigenvalue weighted by atomic mass is 10.4. The Labute approximate surface area is 78.1 Å². The third-order valence-electron chi connectivity index (χ3n) is 1.16. The molecule has 1 amide bonds. The molecule has 0 aliphatic rings. The van der Waals surface area contributed by atoms with Gasteiger partial charge in [0.1, 0.15) is 4.60 Å². The van der Waals surface area contributed by atoms with Crippen molar-refractivity contribution in [2.75, 3.05) is 12.4 Å². The van der Waals surface area contributed by atoms with Gasteiger partial charge in [0.25, 0.3) is 0 Å². The summed E-state index contributed by atoms with van der Waals surface area (Å²) in [6, 6.07) is 3.44. The number of nitrogens with one attached hydrogen (secondary N) is 1. The van der Waals surface area contributed by atoms with Crippen LogP contribution in [0, 0.1) is 0 Å². The minimum atomic E-state index is -0.501. The standard InChI is InChI=1S/C7H7BrN2O2/c1-12-7(11)10-5-2-3-6(8)9-4-5/h2-4H,1H3,(H,10,11). The number of nitrogens with zero attached hydrogens (tertiary/aromatic N) is 1. The SMILES string of the molecule is COC(=O)Nc1ccc(Br)nc1. The number of rotatable bonds is 1. The number of carbonyl (C=O) groups is 1. The highest BCUT2D eigenvalue weighted by atomic mass is 79.9. The molecule has 1 rings (SSSR count). The van der Waals surface area contributed by atoms with Crippen molar-refractivity contribution in [2.24, 2.45) is 0 Å². The number of hydrogen-bond donors (Lipinski definition) is 1. The van der Waals surface area contributed by atoms with Crippen molar-refractivity contribution < 1.29 is 9.53 Å². The van der Waals surface area contributed by atoms with Crippen LogP contribution in [0.4, 0.5) is 10.5 Å². The number of amides is 1. The fourth-order valence-corrected chi connectivity index (χ4v) is 0.853. The van der Waals surface area contributed by atoms with Gasteiger partial charge in [0.05, 0.1) is 19.0 Å². The highest BCUT2D eigenvalue weighted by molar-refractivity contribution is 9.10. The highest BCUT2D eigenvalue weighted by Gasteiger charge is 1.99. The van der Waals surface area contributed by atoms with Crippen LogP contribution in [-0.2, 0) is 4.74 Å². The monoisotopic (exact) mass is 230 g/mol. The van der Waals surface area contributed by atoms with Gasteiger partial charge in [0.2, 0.25) is 0 Å². The number of hydrogen-bond acceptors (Lipinski definition) is 3. The van der Waals surface area contributed by atoms with E-state index in [2.05, 4.69) is 31.0 Å². The number of halogens is 1. The van der Waals surface area contributed by atoms with Gasteiger partial charge in [-0.3, -0.25) is 5.32 Å². The molecule has 0 unspecified atom stereocenters. The maximum atomic E-state index is 10.7. The molecule has 1 aromatic rings. The van der Waals surface area contributed by atoms with Crippen LogP contribution in [0.1, 0.15) is 0 Å². The summed E-state index contributed by atoms with van der Waals surface area (Å²) in [6.07, 6.45) is 1.03. The summed E-state index contributed by atoms with van der Waals surface area (Å²) in [6.45, 7) is 0. The highest BCUT2D eigenvalue weighted by Crippen LogP contribution is 2.10. The van der Waals surface area contributed by atoms with Gasteiger partial charge in [-0.25, -0.2) is 9.78 Å². The van der Waals surface area contributed by atoms with E-state index >= 15 is 0 Å². The molecule has 0 atom stereocenters. The molecule has 0 radical (unpaired) electrons. The first kappa shape index (κ1) is 8.99. The Kier molecular flexibility index (Phi) is 3.04. The Hall–Kier alpha value is -1.10. The van der Waals surface area contributed by atoms with Gasteiger partial charge >= 0.3 is 6.09 Å². The lowest BCUT2D eigenvalue weighted by molar-refractivity contribution is 0.187. The van der Waals surface area contributed by atoms with Crippen LogP contribution in [0.5, 0.6) is 0 Å². The van der Waals surface area contributed by atoms with Crippen LogP contribution in [0.15, 0.2) is 22.9 Å². The van der Waals surface area contributed by atoms with Crippen molar-refractivity contribution in [3.05, 3.63) is 22.9 Å². The van der Waals surface area contributed by atoms with Crippen LogP contribution in [0.3, 0.4) is 0 Å². The summed E-state index contributed by atoms with van der Waals surface area (Å²) >= 11 is 3.17. The van der Waals surface area contributed by atoms with Crippen LogP contribution in [0.25, 0.3) is 0 Å². The molecule has 0 aliphatic heterocycles. The predicted molar refractivity (Wildman–Crippen MR) is 48.0 cm³/mol. The molecule has 0 aromatic carbocycles. The van der Waals surface area contributed by atoms with Gasteiger partial charge in [0.15, 0.2) is 0 Å². The van der Waals surface area contributed by atoms with E-state index in [1.54, 1.807) is 12.1 Å². The molecule has 12 heavy (non-hydrogen) atoms. The first-order valence-corrected chi connectivity index (χ1v) is 3.98. The van der Waals surface area contributed by atoms with Crippen molar-refractivity contribution in [3.63, 3.8) is 0 Å². The van der Waals surface area contributed by atoms with E-state index in [4.69, 9.17) is 0 Å². The summed E-state index contributed by atoms with van der Waals surface area (Å²) in [7, 11) is 1.31. The second-order valence-electron chi connectivity index (χ2n) is 1.99. The lowest BCUT2D eigenvalue weighted by Crippen LogP contribution is -2.10. The largest absolute Gasteiger partial charge is 0.453 e. The number of anilines is 1. The minimum Gasteiger partial charge on any atom is -0.453 e. The van der Waals surface area contributed by atoms with E-state index < -0.39 is 6.09 Å². The summed E-state index contributed by atoms with van der Waals surface area (Å²) < 4.78 is 5.12. The van der Waals surface area contributed by atoms with Gasteiger partial charge in [0, 0.05) is 0 Å². The third-order valence-corrected chi connectivity index (χ3v) is 1.63. The average molecular weight is 231 g/mol. The molecule has 0 bridgehead atoms. The Morgan fingerprint density at radius 2 is 2.42 bits per heavy atom. The topological polar surface area (TPSA) is 51.2 Å². The van der Waals surface area contributed by atoms with E-state index in [1.165, 1.54) is 13.3 Å². The Balaban J connectivity index is 2.64.